The summed E-state index contributed by atoms with van der Waals surface area (Å²) in [6.45, 7) is 0. The standard InChI is InChI=1S/C18H15BrN2O3S2/c1-26(23,24)15-8-2-12(3-9-15)10-17(22)21-18-20-16(11-25-18)13-4-6-14(19)7-5-13/h2-9,11H,10H2,1H3,(H,20,21,22). The van der Waals surface area contributed by atoms with E-state index >= 15 is 0 Å². The summed E-state index contributed by atoms with van der Waals surface area (Å²) >= 11 is 4.75. The highest BCUT2D eigenvalue weighted by Crippen LogP contribution is 2.26. The molecule has 5 nitrogen and oxygen atoms in total. The van der Waals surface area contributed by atoms with Crippen LogP contribution in [0.3, 0.4) is 0 Å². The second-order valence-corrected chi connectivity index (χ2v) is 9.48. The van der Waals surface area contributed by atoms with Gasteiger partial charge in [0.25, 0.3) is 0 Å². The third-order valence-electron chi connectivity index (χ3n) is 3.61. The van der Waals surface area contributed by atoms with Crippen LogP contribution < -0.4 is 5.32 Å². The number of nitrogens with one attached hydrogen (secondary N) is 1. The first-order valence-electron chi connectivity index (χ1n) is 7.61. The molecule has 134 valence electrons. The Labute approximate surface area is 164 Å². The number of hydrogen-bond acceptors (Lipinski definition) is 5. The molecule has 0 unspecified atom stereocenters. The summed E-state index contributed by atoms with van der Waals surface area (Å²) in [7, 11) is -3.23. The van der Waals surface area contributed by atoms with Crippen LogP contribution in [0.25, 0.3) is 11.3 Å². The third-order valence-corrected chi connectivity index (χ3v) is 6.02. The lowest BCUT2D eigenvalue weighted by atomic mass is 10.1. The molecular weight excluding hydrogens is 436 g/mol. The van der Waals surface area contributed by atoms with E-state index in [1.165, 1.54) is 23.5 Å². The van der Waals surface area contributed by atoms with Crippen molar-refractivity contribution in [2.24, 2.45) is 0 Å². The zero-order chi connectivity index (χ0) is 18.7. The summed E-state index contributed by atoms with van der Waals surface area (Å²) in [5, 5.41) is 5.19. The van der Waals surface area contributed by atoms with Gasteiger partial charge in [-0.15, -0.1) is 11.3 Å². The van der Waals surface area contributed by atoms with Crippen molar-refractivity contribution in [3.8, 4) is 11.3 Å². The van der Waals surface area contributed by atoms with Gasteiger partial charge in [0.15, 0.2) is 15.0 Å². The topological polar surface area (TPSA) is 76.1 Å². The van der Waals surface area contributed by atoms with E-state index in [0.717, 1.165) is 27.5 Å². The summed E-state index contributed by atoms with van der Waals surface area (Å²) < 4.78 is 23.9. The average Bonchev–Trinajstić information content (AvgIpc) is 3.03. The van der Waals surface area contributed by atoms with Crippen molar-refractivity contribution in [2.45, 2.75) is 11.3 Å². The molecule has 8 heteroatoms. The van der Waals surface area contributed by atoms with Crippen LogP contribution in [-0.4, -0.2) is 25.6 Å². The second-order valence-electron chi connectivity index (χ2n) is 5.69. The number of carbonyl (C=O) groups is 1. The molecule has 0 radical (unpaired) electrons. The van der Waals surface area contributed by atoms with Crippen molar-refractivity contribution >= 4 is 48.1 Å². The van der Waals surface area contributed by atoms with Gasteiger partial charge in [-0.1, -0.05) is 40.2 Å². The number of amides is 1. The minimum absolute atomic E-state index is 0.150. The molecule has 26 heavy (non-hydrogen) atoms. The van der Waals surface area contributed by atoms with Gasteiger partial charge < -0.3 is 5.32 Å². The Kier molecular flexibility index (Phi) is 5.55. The highest BCUT2D eigenvalue weighted by molar-refractivity contribution is 9.10. The number of benzene rings is 2. The molecule has 0 bridgehead atoms. The lowest BCUT2D eigenvalue weighted by molar-refractivity contribution is -0.115. The SMILES string of the molecule is CS(=O)(=O)c1ccc(CC(=O)Nc2nc(-c3ccc(Br)cc3)cs2)cc1. The summed E-state index contributed by atoms with van der Waals surface area (Å²) in [6.07, 6.45) is 1.30. The summed E-state index contributed by atoms with van der Waals surface area (Å²) in [4.78, 5) is 16.9. The Morgan fingerprint density at radius 3 is 2.38 bits per heavy atom. The summed E-state index contributed by atoms with van der Waals surface area (Å²) in [5.74, 6) is -0.200. The van der Waals surface area contributed by atoms with Gasteiger partial charge in [-0.05, 0) is 29.8 Å². The molecular formula is C18H15BrN2O3S2. The Bertz CT molecular complexity index is 1030. The van der Waals surface area contributed by atoms with Gasteiger partial charge >= 0.3 is 0 Å². The van der Waals surface area contributed by atoms with E-state index in [9.17, 15) is 13.2 Å². The second kappa shape index (κ2) is 7.69. The maximum absolute atomic E-state index is 12.2. The quantitative estimate of drug-likeness (QED) is 0.632. The number of aromatic nitrogens is 1. The molecule has 0 fully saturated rings. The van der Waals surface area contributed by atoms with Crippen LogP contribution in [0.2, 0.25) is 0 Å². The van der Waals surface area contributed by atoms with Crippen molar-refractivity contribution in [3.05, 3.63) is 63.9 Å². The van der Waals surface area contributed by atoms with Crippen LogP contribution in [-0.2, 0) is 21.1 Å². The molecule has 1 heterocycles. The van der Waals surface area contributed by atoms with Gasteiger partial charge in [0.2, 0.25) is 5.91 Å². The summed E-state index contributed by atoms with van der Waals surface area (Å²) in [6, 6.07) is 14.1. The smallest absolute Gasteiger partial charge is 0.230 e. The van der Waals surface area contributed by atoms with Crippen LogP contribution in [0, 0.1) is 0 Å². The van der Waals surface area contributed by atoms with Crippen molar-refractivity contribution in [2.75, 3.05) is 11.6 Å². The molecule has 1 aromatic heterocycles. The monoisotopic (exact) mass is 450 g/mol. The Balaban J connectivity index is 1.64. The van der Waals surface area contributed by atoms with Crippen LogP contribution in [0.15, 0.2) is 63.3 Å². The van der Waals surface area contributed by atoms with Crippen molar-refractivity contribution in [1.29, 1.82) is 0 Å². The van der Waals surface area contributed by atoms with Crippen molar-refractivity contribution in [1.82, 2.24) is 4.98 Å². The molecule has 0 saturated carbocycles. The zero-order valence-corrected chi connectivity index (χ0v) is 17.0. The third kappa shape index (κ3) is 4.78. The highest BCUT2D eigenvalue weighted by Gasteiger charge is 2.11. The number of halogens is 1. The molecule has 0 spiro atoms. The number of hydrogen-bond donors (Lipinski definition) is 1. The van der Waals surface area contributed by atoms with Gasteiger partial charge in [0.05, 0.1) is 17.0 Å². The van der Waals surface area contributed by atoms with Crippen LogP contribution in [0.4, 0.5) is 5.13 Å². The predicted molar refractivity (Wildman–Crippen MR) is 107 cm³/mol. The number of anilines is 1. The molecule has 1 amide bonds. The number of sulfone groups is 1. The predicted octanol–water partition coefficient (Wildman–Crippen LogP) is 4.16. The van der Waals surface area contributed by atoms with E-state index in [1.807, 2.05) is 29.6 Å². The number of rotatable bonds is 5. The van der Waals surface area contributed by atoms with Crippen LogP contribution in [0.5, 0.6) is 0 Å². The van der Waals surface area contributed by atoms with E-state index < -0.39 is 9.84 Å². The van der Waals surface area contributed by atoms with E-state index in [-0.39, 0.29) is 17.2 Å². The average molecular weight is 451 g/mol. The first-order valence-corrected chi connectivity index (χ1v) is 11.2. The number of carbonyl (C=O) groups excluding carboxylic acids is 1. The fraction of sp³-hybridized carbons (Fsp3) is 0.111. The molecule has 0 aliphatic rings. The number of nitrogens with zero attached hydrogens (tertiary/aromatic N) is 1. The Morgan fingerprint density at radius 2 is 1.77 bits per heavy atom. The Hall–Kier alpha value is -2.03. The molecule has 0 saturated heterocycles. The van der Waals surface area contributed by atoms with E-state index in [4.69, 9.17) is 0 Å². The molecule has 0 aliphatic carbocycles. The van der Waals surface area contributed by atoms with Gasteiger partial charge in [-0.3, -0.25) is 4.79 Å². The molecule has 2 aromatic carbocycles. The zero-order valence-electron chi connectivity index (χ0n) is 13.8. The Morgan fingerprint density at radius 1 is 1.12 bits per heavy atom. The molecule has 3 aromatic rings. The largest absolute Gasteiger partial charge is 0.302 e. The van der Waals surface area contributed by atoms with E-state index in [0.29, 0.717) is 5.13 Å². The molecule has 0 aliphatic heterocycles. The highest BCUT2D eigenvalue weighted by atomic mass is 79.9. The minimum atomic E-state index is -3.23. The van der Waals surface area contributed by atoms with Gasteiger partial charge in [0, 0.05) is 21.7 Å². The normalized spacial score (nSPS) is 11.3. The first-order chi connectivity index (χ1) is 12.3. The first kappa shape index (κ1) is 18.8. The van der Waals surface area contributed by atoms with Gasteiger partial charge in [-0.25, -0.2) is 13.4 Å². The van der Waals surface area contributed by atoms with Crippen molar-refractivity contribution in [3.63, 3.8) is 0 Å². The minimum Gasteiger partial charge on any atom is -0.302 e. The van der Waals surface area contributed by atoms with E-state index in [2.05, 4.69) is 26.2 Å². The molecule has 3 rings (SSSR count). The summed E-state index contributed by atoms with van der Waals surface area (Å²) in [5.41, 5.74) is 2.51. The van der Waals surface area contributed by atoms with E-state index in [1.54, 1.807) is 12.1 Å². The molecule has 0 atom stereocenters. The maximum Gasteiger partial charge on any atom is 0.230 e. The van der Waals surface area contributed by atoms with Crippen LogP contribution >= 0.6 is 27.3 Å². The lowest BCUT2D eigenvalue weighted by Crippen LogP contribution is -2.14. The lowest BCUT2D eigenvalue weighted by Gasteiger charge is -2.03. The fourth-order valence-corrected chi connectivity index (χ4v) is 3.92. The molecule has 1 N–H and O–H groups in total. The maximum atomic E-state index is 12.2. The number of thiazole rings is 1. The fourth-order valence-electron chi connectivity index (χ4n) is 2.29. The van der Waals surface area contributed by atoms with Gasteiger partial charge in [-0.2, -0.15) is 0 Å². The van der Waals surface area contributed by atoms with Crippen LogP contribution in [0.1, 0.15) is 5.56 Å². The van der Waals surface area contributed by atoms with Crippen molar-refractivity contribution < 1.29 is 13.2 Å². The van der Waals surface area contributed by atoms with Gasteiger partial charge in [0.1, 0.15) is 0 Å².